The molecule has 0 atom stereocenters. The highest BCUT2D eigenvalue weighted by atomic mass is 16.1. The zero-order chi connectivity index (χ0) is 14.3. The van der Waals surface area contributed by atoms with Crippen LogP contribution in [0.1, 0.15) is 34.6 Å². The van der Waals surface area contributed by atoms with E-state index in [-0.39, 0.29) is 5.78 Å². The molecule has 0 bridgehead atoms. The molecular formula is C17H20N2O. The van der Waals surface area contributed by atoms with E-state index in [0.717, 1.165) is 29.8 Å². The molecule has 0 N–H and O–H groups in total. The van der Waals surface area contributed by atoms with Gasteiger partial charge in [-0.15, -0.1) is 0 Å². The minimum atomic E-state index is 0.290. The maximum atomic E-state index is 12.0. The summed E-state index contributed by atoms with van der Waals surface area (Å²) >= 11 is 0. The van der Waals surface area contributed by atoms with Crippen LogP contribution < -0.4 is 4.90 Å². The lowest BCUT2D eigenvalue weighted by atomic mass is 9.96. The Bertz CT molecular complexity index is 650. The Morgan fingerprint density at radius 2 is 1.80 bits per heavy atom. The van der Waals surface area contributed by atoms with Crippen molar-refractivity contribution in [3.63, 3.8) is 0 Å². The minimum absolute atomic E-state index is 0.290. The number of aryl methyl sites for hydroxylation is 1. The number of fused-ring (bicyclic) bond motifs is 1. The zero-order valence-electron chi connectivity index (χ0n) is 12.3. The van der Waals surface area contributed by atoms with Gasteiger partial charge >= 0.3 is 0 Å². The molecule has 1 aromatic heterocycles. The highest BCUT2D eigenvalue weighted by molar-refractivity contribution is 5.98. The highest BCUT2D eigenvalue weighted by Crippen LogP contribution is 2.28. The van der Waals surface area contributed by atoms with Gasteiger partial charge in [0.2, 0.25) is 0 Å². The second kappa shape index (κ2) is 4.82. The van der Waals surface area contributed by atoms with Gasteiger partial charge in [-0.25, -0.2) is 0 Å². The lowest BCUT2D eigenvalue weighted by Gasteiger charge is -2.17. The van der Waals surface area contributed by atoms with Crippen LogP contribution in [0.4, 0.5) is 5.69 Å². The average molecular weight is 268 g/mol. The molecular weight excluding hydrogens is 248 g/mol. The second-order valence-electron chi connectivity index (χ2n) is 5.67. The molecule has 20 heavy (non-hydrogen) atoms. The van der Waals surface area contributed by atoms with Crippen LogP contribution in [0.25, 0.3) is 5.69 Å². The summed E-state index contributed by atoms with van der Waals surface area (Å²) in [5, 5.41) is 0. The summed E-state index contributed by atoms with van der Waals surface area (Å²) in [6.07, 6.45) is 2.64. The molecule has 2 aromatic rings. The molecule has 1 heterocycles. The normalized spacial score (nSPS) is 14.2. The molecule has 104 valence electrons. The number of hydrogen-bond donors (Lipinski definition) is 0. The summed E-state index contributed by atoms with van der Waals surface area (Å²) in [4.78, 5) is 14.1. The Kier molecular flexibility index (Phi) is 3.13. The maximum Gasteiger partial charge on any atom is 0.164 e. The first-order valence-corrected chi connectivity index (χ1v) is 7.10. The molecule has 0 saturated carbocycles. The van der Waals surface area contributed by atoms with Crippen molar-refractivity contribution in [3.05, 3.63) is 47.3 Å². The van der Waals surface area contributed by atoms with Gasteiger partial charge in [0.05, 0.1) is 0 Å². The summed E-state index contributed by atoms with van der Waals surface area (Å²) < 4.78 is 2.23. The summed E-state index contributed by atoms with van der Waals surface area (Å²) in [6, 6.07) is 10.5. The van der Waals surface area contributed by atoms with Gasteiger partial charge < -0.3 is 9.47 Å². The fraction of sp³-hybridized carbons (Fsp3) is 0.353. The summed E-state index contributed by atoms with van der Waals surface area (Å²) in [5.41, 5.74) is 5.57. The molecule has 3 rings (SSSR count). The van der Waals surface area contributed by atoms with Crippen LogP contribution in [0.15, 0.2) is 30.3 Å². The number of benzene rings is 1. The molecule has 0 aliphatic heterocycles. The standard InChI is InChI=1S/C17H20N2O/c1-12-11-15-16(5-4-6-17(15)20)19(12)14-9-7-13(8-10-14)18(2)3/h7-11H,4-6H2,1-3H3. The molecule has 0 fully saturated rings. The second-order valence-corrected chi connectivity index (χ2v) is 5.67. The summed E-state index contributed by atoms with van der Waals surface area (Å²) in [6.45, 7) is 2.07. The van der Waals surface area contributed by atoms with Gasteiger partial charge in [-0.3, -0.25) is 4.79 Å². The van der Waals surface area contributed by atoms with Gasteiger partial charge in [0.1, 0.15) is 0 Å². The van der Waals surface area contributed by atoms with Gasteiger partial charge in [-0.05, 0) is 50.1 Å². The zero-order valence-corrected chi connectivity index (χ0v) is 12.3. The van der Waals surface area contributed by atoms with Crippen LogP contribution >= 0.6 is 0 Å². The number of ketones is 1. The summed E-state index contributed by atoms with van der Waals surface area (Å²) in [5.74, 6) is 0.290. The number of rotatable bonds is 2. The van der Waals surface area contributed by atoms with Crippen LogP contribution in [0.5, 0.6) is 0 Å². The number of nitrogens with zero attached hydrogens (tertiary/aromatic N) is 2. The molecule has 0 radical (unpaired) electrons. The van der Waals surface area contributed by atoms with E-state index >= 15 is 0 Å². The van der Waals surface area contributed by atoms with Crippen molar-refractivity contribution in [1.29, 1.82) is 0 Å². The molecule has 3 heteroatoms. The van der Waals surface area contributed by atoms with Gasteiger partial charge in [-0.1, -0.05) is 0 Å². The smallest absolute Gasteiger partial charge is 0.164 e. The van der Waals surface area contributed by atoms with Crippen molar-refractivity contribution in [2.24, 2.45) is 0 Å². The van der Waals surface area contributed by atoms with Gasteiger partial charge in [0, 0.05) is 48.8 Å². The van der Waals surface area contributed by atoms with Gasteiger partial charge in [0.25, 0.3) is 0 Å². The first-order chi connectivity index (χ1) is 9.58. The lowest BCUT2D eigenvalue weighted by molar-refractivity contribution is 0.0972. The summed E-state index contributed by atoms with van der Waals surface area (Å²) in [7, 11) is 4.08. The van der Waals surface area contributed by atoms with Crippen molar-refractivity contribution >= 4 is 11.5 Å². The highest BCUT2D eigenvalue weighted by Gasteiger charge is 2.23. The predicted molar refractivity (Wildman–Crippen MR) is 82.1 cm³/mol. The van der Waals surface area contributed by atoms with E-state index < -0.39 is 0 Å². The SMILES string of the molecule is Cc1cc2c(n1-c1ccc(N(C)C)cc1)CCCC2=O. The van der Waals surface area contributed by atoms with E-state index in [1.807, 2.05) is 20.2 Å². The van der Waals surface area contributed by atoms with E-state index in [4.69, 9.17) is 0 Å². The molecule has 1 aromatic carbocycles. The Labute approximate surface area is 119 Å². The lowest BCUT2D eigenvalue weighted by Crippen LogP contribution is -2.13. The monoisotopic (exact) mass is 268 g/mol. The maximum absolute atomic E-state index is 12.0. The first-order valence-electron chi connectivity index (χ1n) is 7.10. The van der Waals surface area contributed by atoms with Crippen molar-refractivity contribution in [3.8, 4) is 5.69 Å². The quantitative estimate of drug-likeness (QED) is 0.834. The molecule has 0 amide bonds. The fourth-order valence-electron chi connectivity index (χ4n) is 2.99. The van der Waals surface area contributed by atoms with Gasteiger partial charge in [-0.2, -0.15) is 0 Å². The van der Waals surface area contributed by atoms with Crippen LogP contribution in [-0.4, -0.2) is 24.4 Å². The van der Waals surface area contributed by atoms with Crippen molar-refractivity contribution in [2.75, 3.05) is 19.0 Å². The molecule has 1 aliphatic rings. The number of hydrogen-bond acceptors (Lipinski definition) is 2. The predicted octanol–water partition coefficient (Wildman–Crippen LogP) is 3.37. The third kappa shape index (κ3) is 2.03. The fourth-order valence-corrected chi connectivity index (χ4v) is 2.99. The number of anilines is 1. The number of carbonyl (C=O) groups excluding carboxylic acids is 1. The topological polar surface area (TPSA) is 25.2 Å². The third-order valence-corrected chi connectivity index (χ3v) is 4.03. The molecule has 0 spiro atoms. The third-order valence-electron chi connectivity index (χ3n) is 4.03. The van der Waals surface area contributed by atoms with Crippen LogP contribution in [0, 0.1) is 6.92 Å². The molecule has 1 aliphatic carbocycles. The van der Waals surface area contributed by atoms with Crippen LogP contribution in [0.3, 0.4) is 0 Å². The first kappa shape index (κ1) is 13.0. The van der Waals surface area contributed by atoms with Crippen molar-refractivity contribution in [1.82, 2.24) is 4.57 Å². The Balaban J connectivity index is 2.08. The Hall–Kier alpha value is -2.03. The minimum Gasteiger partial charge on any atom is -0.378 e. The van der Waals surface area contributed by atoms with Gasteiger partial charge in [0.15, 0.2) is 5.78 Å². The average Bonchev–Trinajstić information content (AvgIpc) is 2.77. The molecule has 3 nitrogen and oxygen atoms in total. The number of aromatic nitrogens is 1. The van der Waals surface area contributed by atoms with E-state index in [1.54, 1.807) is 0 Å². The van der Waals surface area contributed by atoms with Crippen LogP contribution in [0.2, 0.25) is 0 Å². The van der Waals surface area contributed by atoms with Crippen molar-refractivity contribution < 1.29 is 4.79 Å². The van der Waals surface area contributed by atoms with E-state index in [2.05, 4.69) is 40.7 Å². The van der Waals surface area contributed by atoms with Crippen molar-refractivity contribution in [2.45, 2.75) is 26.2 Å². The van der Waals surface area contributed by atoms with E-state index in [1.165, 1.54) is 11.4 Å². The largest absolute Gasteiger partial charge is 0.378 e. The van der Waals surface area contributed by atoms with Crippen LogP contribution in [-0.2, 0) is 6.42 Å². The molecule has 0 saturated heterocycles. The Morgan fingerprint density at radius 3 is 2.45 bits per heavy atom. The van der Waals surface area contributed by atoms with E-state index in [9.17, 15) is 4.79 Å². The number of Topliss-reactive ketones (excluding diaryl/α,β-unsaturated/α-hetero) is 1. The Morgan fingerprint density at radius 1 is 1.10 bits per heavy atom. The van der Waals surface area contributed by atoms with E-state index in [0.29, 0.717) is 6.42 Å². The number of carbonyl (C=O) groups is 1. The molecule has 0 unspecified atom stereocenters.